The van der Waals surface area contributed by atoms with Crippen molar-refractivity contribution in [3.05, 3.63) is 0 Å². The molecule has 0 saturated carbocycles. The van der Waals surface area contributed by atoms with E-state index in [-0.39, 0.29) is 31.8 Å². The van der Waals surface area contributed by atoms with E-state index >= 15 is 0 Å². The van der Waals surface area contributed by atoms with Gasteiger partial charge < -0.3 is 39.5 Å². The van der Waals surface area contributed by atoms with Gasteiger partial charge in [0, 0.05) is 32.5 Å². The molecule has 0 aromatic carbocycles. The SMILES string of the molecule is CCCCCCCCCCCCN(CCO)CCCCCCCCCCOC(=O)CCCCCCCCCN(CCO)CCCCCCCCCC(=O)OCCCCCCCCCN(CCO)CCCCCCCCCCCC. The Morgan fingerprint density at radius 3 is 0.620 bits per heavy atom. The molecule has 0 heterocycles. The van der Waals surface area contributed by atoms with E-state index in [0.717, 1.165) is 110 Å². The van der Waals surface area contributed by atoms with Crippen LogP contribution in [0.4, 0.5) is 0 Å². The summed E-state index contributed by atoms with van der Waals surface area (Å²) in [5.74, 6) is -0.0520. The van der Waals surface area contributed by atoms with E-state index in [9.17, 15) is 24.9 Å². The first kappa shape index (κ1) is 77.7. The Bertz CT molecular complexity index is 1180. The summed E-state index contributed by atoms with van der Waals surface area (Å²) < 4.78 is 11.1. The zero-order chi connectivity index (χ0) is 57.3. The lowest BCUT2D eigenvalue weighted by molar-refractivity contribution is -0.144. The van der Waals surface area contributed by atoms with Crippen LogP contribution in [0.1, 0.15) is 341 Å². The van der Waals surface area contributed by atoms with Crippen molar-refractivity contribution in [1.82, 2.24) is 14.7 Å². The zero-order valence-electron chi connectivity index (χ0n) is 53.3. The summed E-state index contributed by atoms with van der Waals surface area (Å²) in [5.41, 5.74) is 0. The lowest BCUT2D eigenvalue weighted by Crippen LogP contribution is -2.29. The summed E-state index contributed by atoms with van der Waals surface area (Å²) in [6.45, 7) is 15.5. The van der Waals surface area contributed by atoms with Crippen LogP contribution in [0.15, 0.2) is 0 Å². The Kier molecular flexibility index (Phi) is 66.4. The Morgan fingerprint density at radius 1 is 0.241 bits per heavy atom. The number of carbonyl (C=O) groups excluding carboxylic acids is 2. The third-order valence-electron chi connectivity index (χ3n) is 16.6. The van der Waals surface area contributed by atoms with Crippen molar-refractivity contribution in [3.63, 3.8) is 0 Å². The number of ether oxygens (including phenoxy) is 2. The van der Waals surface area contributed by atoms with Crippen LogP contribution < -0.4 is 0 Å². The standard InChI is InChI=1S/C69H139N3O7/c1-3-5-7-9-11-13-15-24-34-44-54-70(60-63-73)56-46-36-26-17-18-30-40-50-66-78-68(76)52-42-32-22-19-27-37-47-57-72(62-65-75)58-48-38-28-20-23-33-43-53-69(77)79-67-51-41-31-21-29-39-49-59-71(61-64-74)55-45-35-25-16-14-12-10-8-6-4-2/h73-75H,3-67H2,1-2H3. The number of aliphatic hydroxyl groups excluding tert-OH is 3. The molecule has 0 amide bonds. The van der Waals surface area contributed by atoms with Gasteiger partial charge in [0.15, 0.2) is 0 Å². The minimum Gasteiger partial charge on any atom is -0.466 e. The van der Waals surface area contributed by atoms with Crippen LogP contribution in [0.3, 0.4) is 0 Å². The topological polar surface area (TPSA) is 123 Å². The lowest BCUT2D eigenvalue weighted by atomic mass is 10.1. The first-order valence-corrected chi connectivity index (χ1v) is 35.3. The maximum absolute atomic E-state index is 12.2. The highest BCUT2D eigenvalue weighted by molar-refractivity contribution is 5.69. The van der Waals surface area contributed by atoms with Gasteiger partial charge in [-0.1, -0.05) is 264 Å². The molecule has 10 nitrogen and oxygen atoms in total. The van der Waals surface area contributed by atoms with Gasteiger partial charge in [0.25, 0.3) is 0 Å². The Morgan fingerprint density at radius 2 is 0.418 bits per heavy atom. The van der Waals surface area contributed by atoms with Gasteiger partial charge in [-0.2, -0.15) is 0 Å². The molecule has 0 aromatic rings. The van der Waals surface area contributed by atoms with Gasteiger partial charge in [0.1, 0.15) is 0 Å². The van der Waals surface area contributed by atoms with Gasteiger partial charge in [-0.25, -0.2) is 0 Å². The van der Waals surface area contributed by atoms with Crippen LogP contribution in [-0.2, 0) is 19.1 Å². The Balaban J connectivity index is 3.58. The second-order valence-corrected chi connectivity index (χ2v) is 24.3. The van der Waals surface area contributed by atoms with Gasteiger partial charge >= 0.3 is 11.9 Å². The van der Waals surface area contributed by atoms with Crippen molar-refractivity contribution in [3.8, 4) is 0 Å². The second-order valence-electron chi connectivity index (χ2n) is 24.3. The van der Waals surface area contributed by atoms with Crippen LogP contribution >= 0.6 is 0 Å². The predicted octanol–water partition coefficient (Wildman–Crippen LogP) is 17.9. The summed E-state index contributed by atoms with van der Waals surface area (Å²) in [5, 5.41) is 28.7. The van der Waals surface area contributed by atoms with Crippen LogP contribution in [0, 0.1) is 0 Å². The molecular weight excluding hydrogens is 983 g/mol. The third-order valence-corrected chi connectivity index (χ3v) is 16.6. The largest absolute Gasteiger partial charge is 0.466 e. The predicted molar refractivity (Wildman–Crippen MR) is 339 cm³/mol. The molecule has 0 aliphatic carbocycles. The molecule has 0 saturated heterocycles. The van der Waals surface area contributed by atoms with Crippen molar-refractivity contribution in [2.75, 3.05) is 91.9 Å². The Hall–Kier alpha value is -1.30. The number of nitrogens with zero attached hydrogens (tertiary/aromatic N) is 3. The first-order chi connectivity index (χ1) is 39.0. The molecule has 79 heavy (non-hydrogen) atoms. The third kappa shape index (κ3) is 62.6. The fourth-order valence-corrected chi connectivity index (χ4v) is 11.4. The summed E-state index contributed by atoms with van der Waals surface area (Å²) >= 11 is 0. The van der Waals surface area contributed by atoms with Crippen LogP contribution in [0.25, 0.3) is 0 Å². The first-order valence-electron chi connectivity index (χ1n) is 35.3. The molecule has 0 aromatic heterocycles. The summed E-state index contributed by atoms with van der Waals surface area (Å²) in [7, 11) is 0. The van der Waals surface area contributed by atoms with Crippen molar-refractivity contribution in [2.45, 2.75) is 341 Å². The molecule has 0 aliphatic rings. The molecule has 0 spiro atoms. The van der Waals surface area contributed by atoms with Crippen molar-refractivity contribution >= 4 is 11.9 Å². The van der Waals surface area contributed by atoms with Crippen molar-refractivity contribution < 1.29 is 34.4 Å². The summed E-state index contributed by atoms with van der Waals surface area (Å²) in [6.07, 6.45) is 62.8. The normalized spacial score (nSPS) is 11.8. The molecule has 0 atom stereocenters. The number of unbranched alkanes of at least 4 members (excludes halogenated alkanes) is 43. The Labute approximate surface area is 492 Å². The number of hydrogen-bond donors (Lipinski definition) is 3. The molecular formula is C69H139N3O7. The number of hydrogen-bond acceptors (Lipinski definition) is 10. The molecule has 0 aliphatic heterocycles. The number of esters is 2. The second kappa shape index (κ2) is 67.5. The smallest absolute Gasteiger partial charge is 0.305 e. The van der Waals surface area contributed by atoms with E-state index in [1.54, 1.807) is 0 Å². The van der Waals surface area contributed by atoms with E-state index in [2.05, 4.69) is 28.5 Å². The average Bonchev–Trinajstić information content (AvgIpc) is 3.44. The molecule has 0 fully saturated rings. The quantitative estimate of drug-likeness (QED) is 0.0401. The zero-order valence-corrected chi connectivity index (χ0v) is 53.3. The van der Waals surface area contributed by atoms with Crippen LogP contribution in [0.2, 0.25) is 0 Å². The van der Waals surface area contributed by atoms with E-state index in [4.69, 9.17) is 9.47 Å². The van der Waals surface area contributed by atoms with Gasteiger partial charge in [-0.15, -0.1) is 0 Å². The summed E-state index contributed by atoms with van der Waals surface area (Å²) in [6, 6.07) is 0. The molecule has 3 N–H and O–H groups in total. The average molecular weight is 1120 g/mol. The van der Waals surface area contributed by atoms with Crippen LogP contribution in [-0.4, -0.2) is 134 Å². The fraction of sp³-hybridized carbons (Fsp3) is 0.971. The number of carbonyl (C=O) groups is 2. The van der Waals surface area contributed by atoms with E-state index in [1.807, 2.05) is 0 Å². The molecule has 0 radical (unpaired) electrons. The van der Waals surface area contributed by atoms with Crippen molar-refractivity contribution in [2.24, 2.45) is 0 Å². The van der Waals surface area contributed by atoms with Gasteiger partial charge in [0.05, 0.1) is 33.0 Å². The monoisotopic (exact) mass is 1120 g/mol. The molecule has 0 unspecified atom stereocenters. The number of aliphatic hydroxyl groups is 3. The van der Waals surface area contributed by atoms with Gasteiger partial charge in [-0.3, -0.25) is 9.59 Å². The summed E-state index contributed by atoms with van der Waals surface area (Å²) in [4.78, 5) is 31.9. The molecule has 0 rings (SSSR count). The van der Waals surface area contributed by atoms with E-state index < -0.39 is 0 Å². The van der Waals surface area contributed by atoms with Gasteiger partial charge in [-0.05, 0) is 103 Å². The minimum atomic E-state index is -0.0273. The highest BCUT2D eigenvalue weighted by Crippen LogP contribution is 2.17. The van der Waals surface area contributed by atoms with Crippen molar-refractivity contribution in [1.29, 1.82) is 0 Å². The van der Waals surface area contributed by atoms with E-state index in [0.29, 0.717) is 26.1 Å². The van der Waals surface area contributed by atoms with E-state index in [1.165, 1.54) is 263 Å². The highest BCUT2D eigenvalue weighted by atomic mass is 16.5. The fourth-order valence-electron chi connectivity index (χ4n) is 11.4. The maximum Gasteiger partial charge on any atom is 0.305 e. The lowest BCUT2D eigenvalue weighted by Gasteiger charge is -2.21. The van der Waals surface area contributed by atoms with Gasteiger partial charge in [0.2, 0.25) is 0 Å². The maximum atomic E-state index is 12.2. The molecule has 472 valence electrons. The number of rotatable bonds is 69. The molecule has 10 heteroatoms. The van der Waals surface area contributed by atoms with Crippen LogP contribution in [0.5, 0.6) is 0 Å². The minimum absolute atomic E-state index is 0.0247. The molecule has 0 bridgehead atoms. The highest BCUT2D eigenvalue weighted by Gasteiger charge is 2.09.